The zero-order valence-electron chi connectivity index (χ0n) is 8.75. The summed E-state index contributed by atoms with van der Waals surface area (Å²) in [6.45, 7) is 0. The largest absolute Gasteiger partial charge is 0.334 e. The van der Waals surface area contributed by atoms with Gasteiger partial charge in [-0.05, 0) is 28.5 Å². The van der Waals surface area contributed by atoms with Gasteiger partial charge in [-0.3, -0.25) is 9.78 Å². The highest BCUT2D eigenvalue weighted by atomic mass is 35.5. The van der Waals surface area contributed by atoms with Gasteiger partial charge < -0.3 is 0 Å². The van der Waals surface area contributed by atoms with E-state index < -0.39 is 11.2 Å². The van der Waals surface area contributed by atoms with Crippen LogP contribution in [0.4, 0.5) is 0 Å². The highest BCUT2D eigenvalue weighted by Gasteiger charge is 2.13. The quantitative estimate of drug-likeness (QED) is 0.699. The number of nitrogens with one attached hydrogen (secondary N) is 1. The molecule has 2 aromatic heterocycles. The first kappa shape index (κ1) is 10.7. The minimum Gasteiger partial charge on any atom is -0.287 e. The van der Waals surface area contributed by atoms with Crippen LogP contribution in [0.3, 0.4) is 0 Å². The molecule has 0 aliphatic carbocycles. The second-order valence-electron chi connectivity index (χ2n) is 3.51. The van der Waals surface area contributed by atoms with Gasteiger partial charge in [0.05, 0.1) is 5.69 Å². The Balaban J connectivity index is 2.42. The molecule has 0 amide bonds. The van der Waals surface area contributed by atoms with Gasteiger partial charge in [0.1, 0.15) is 0 Å². The molecule has 0 unspecified atom stereocenters. The zero-order valence-corrected chi connectivity index (χ0v) is 9.51. The number of aromatic nitrogens is 4. The van der Waals surface area contributed by atoms with Crippen molar-refractivity contribution in [1.29, 1.82) is 0 Å². The van der Waals surface area contributed by atoms with Crippen LogP contribution in [-0.4, -0.2) is 19.9 Å². The van der Waals surface area contributed by atoms with E-state index in [1.807, 2.05) is 0 Å². The lowest BCUT2D eigenvalue weighted by atomic mass is 10.3. The summed E-state index contributed by atoms with van der Waals surface area (Å²) < 4.78 is 5.32. The number of rotatable bonds is 1. The lowest BCUT2D eigenvalue weighted by molar-refractivity contribution is 0.314. The van der Waals surface area contributed by atoms with Crippen LogP contribution >= 0.6 is 11.6 Å². The molecule has 1 N–H and O–H groups in total. The standard InChI is InChI=1S/C10H5ClN4O3/c11-5-2-1-3-6(4-5)15-9(16)7-8(12-10(15)17)14-18-13-7/h1-4H,(H,12,14,17). The Labute approximate surface area is 104 Å². The maximum absolute atomic E-state index is 12.1. The normalized spacial score (nSPS) is 10.9. The average Bonchev–Trinajstić information content (AvgIpc) is 2.77. The van der Waals surface area contributed by atoms with Crippen molar-refractivity contribution in [3.05, 3.63) is 50.1 Å². The monoisotopic (exact) mass is 264 g/mol. The van der Waals surface area contributed by atoms with Crippen molar-refractivity contribution in [1.82, 2.24) is 19.9 Å². The van der Waals surface area contributed by atoms with E-state index in [4.69, 9.17) is 11.6 Å². The molecule has 0 bridgehead atoms. The lowest BCUT2D eigenvalue weighted by Crippen LogP contribution is -2.33. The number of halogens is 1. The number of hydrogen-bond acceptors (Lipinski definition) is 5. The third kappa shape index (κ3) is 1.52. The first-order chi connectivity index (χ1) is 8.66. The second-order valence-corrected chi connectivity index (χ2v) is 3.95. The van der Waals surface area contributed by atoms with E-state index in [0.29, 0.717) is 10.7 Å². The second kappa shape index (κ2) is 3.81. The molecule has 1 aromatic carbocycles. The van der Waals surface area contributed by atoms with E-state index in [-0.39, 0.29) is 11.2 Å². The van der Waals surface area contributed by atoms with Crippen molar-refractivity contribution in [3.63, 3.8) is 0 Å². The van der Waals surface area contributed by atoms with Gasteiger partial charge in [0.25, 0.3) is 5.56 Å². The number of hydrogen-bond donors (Lipinski definition) is 1. The van der Waals surface area contributed by atoms with Gasteiger partial charge >= 0.3 is 5.69 Å². The Morgan fingerprint density at radius 1 is 1.28 bits per heavy atom. The van der Waals surface area contributed by atoms with Crippen LogP contribution in [0.5, 0.6) is 0 Å². The molecule has 0 atom stereocenters. The number of fused-ring (bicyclic) bond motifs is 1. The van der Waals surface area contributed by atoms with Crippen molar-refractivity contribution in [3.8, 4) is 5.69 Å². The molecule has 0 fully saturated rings. The Kier molecular flexibility index (Phi) is 2.27. The molecular formula is C10H5ClN4O3. The summed E-state index contributed by atoms with van der Waals surface area (Å²) >= 11 is 5.82. The zero-order chi connectivity index (χ0) is 12.7. The Hall–Kier alpha value is -2.41. The number of H-pyrrole nitrogens is 1. The van der Waals surface area contributed by atoms with Gasteiger partial charge in [0.15, 0.2) is 0 Å². The minimum absolute atomic E-state index is 0.0169. The number of benzene rings is 1. The maximum Gasteiger partial charge on any atom is 0.334 e. The molecule has 7 nitrogen and oxygen atoms in total. The van der Waals surface area contributed by atoms with E-state index in [1.165, 1.54) is 6.07 Å². The summed E-state index contributed by atoms with van der Waals surface area (Å²) in [6, 6.07) is 6.36. The first-order valence-electron chi connectivity index (χ1n) is 4.90. The van der Waals surface area contributed by atoms with Crippen molar-refractivity contribution in [2.45, 2.75) is 0 Å². The molecule has 0 saturated carbocycles. The molecule has 8 heteroatoms. The fourth-order valence-corrected chi connectivity index (χ4v) is 1.80. The van der Waals surface area contributed by atoms with Gasteiger partial charge in [-0.25, -0.2) is 14.0 Å². The predicted octanol–water partition coefficient (Wildman–Crippen LogP) is 0.715. The highest BCUT2D eigenvalue weighted by Crippen LogP contribution is 2.12. The maximum atomic E-state index is 12.1. The first-order valence-corrected chi connectivity index (χ1v) is 5.28. The highest BCUT2D eigenvalue weighted by molar-refractivity contribution is 6.30. The third-order valence-electron chi connectivity index (χ3n) is 2.39. The fourth-order valence-electron chi connectivity index (χ4n) is 1.62. The number of aromatic amines is 1. The van der Waals surface area contributed by atoms with Crippen molar-refractivity contribution in [2.24, 2.45) is 0 Å². The van der Waals surface area contributed by atoms with Gasteiger partial charge in [0, 0.05) is 5.02 Å². The Bertz CT molecular complexity index is 848. The average molecular weight is 265 g/mol. The summed E-state index contributed by atoms with van der Waals surface area (Å²) in [5.74, 6) is 0. The third-order valence-corrected chi connectivity index (χ3v) is 2.62. The summed E-state index contributed by atoms with van der Waals surface area (Å²) in [7, 11) is 0. The van der Waals surface area contributed by atoms with Crippen molar-refractivity contribution >= 4 is 22.8 Å². The minimum atomic E-state index is -0.634. The molecule has 0 aliphatic heterocycles. The molecule has 3 rings (SSSR count). The van der Waals surface area contributed by atoms with E-state index in [9.17, 15) is 9.59 Å². The molecule has 18 heavy (non-hydrogen) atoms. The molecule has 0 saturated heterocycles. The van der Waals surface area contributed by atoms with E-state index >= 15 is 0 Å². The molecule has 0 radical (unpaired) electrons. The van der Waals surface area contributed by atoms with Crippen LogP contribution in [0.1, 0.15) is 0 Å². The summed E-state index contributed by atoms with van der Waals surface area (Å²) in [4.78, 5) is 26.3. The van der Waals surface area contributed by atoms with E-state index in [2.05, 4.69) is 19.9 Å². The van der Waals surface area contributed by atoms with Gasteiger partial charge in [-0.15, -0.1) is 0 Å². The molecule has 3 aromatic rings. The molecule has 0 spiro atoms. The van der Waals surface area contributed by atoms with Crippen LogP contribution in [-0.2, 0) is 0 Å². The fraction of sp³-hybridized carbons (Fsp3) is 0. The summed E-state index contributed by atoms with van der Waals surface area (Å²) in [6.07, 6.45) is 0. The van der Waals surface area contributed by atoms with Crippen LogP contribution in [0.15, 0.2) is 38.5 Å². The lowest BCUT2D eigenvalue weighted by Gasteiger charge is -2.03. The molecule has 2 heterocycles. The SMILES string of the molecule is O=c1[nH]c2nonc2c(=O)n1-c1cccc(Cl)c1. The summed E-state index contributed by atoms with van der Waals surface area (Å²) in [5.41, 5.74) is -0.931. The van der Waals surface area contributed by atoms with Crippen molar-refractivity contribution < 1.29 is 4.63 Å². The van der Waals surface area contributed by atoms with Crippen molar-refractivity contribution in [2.75, 3.05) is 0 Å². The van der Waals surface area contributed by atoms with Crippen LogP contribution in [0.2, 0.25) is 5.02 Å². The van der Waals surface area contributed by atoms with Gasteiger partial charge in [-0.2, -0.15) is 0 Å². The van der Waals surface area contributed by atoms with Gasteiger partial charge in [0.2, 0.25) is 11.2 Å². The smallest absolute Gasteiger partial charge is 0.287 e. The van der Waals surface area contributed by atoms with Crippen LogP contribution in [0, 0.1) is 0 Å². The Morgan fingerprint density at radius 2 is 2.11 bits per heavy atom. The molecular weight excluding hydrogens is 260 g/mol. The predicted molar refractivity (Wildman–Crippen MR) is 63.0 cm³/mol. The van der Waals surface area contributed by atoms with E-state index in [1.54, 1.807) is 18.2 Å². The number of nitrogens with zero attached hydrogens (tertiary/aromatic N) is 3. The topological polar surface area (TPSA) is 93.8 Å². The molecule has 0 aliphatic rings. The van der Waals surface area contributed by atoms with Gasteiger partial charge in [-0.1, -0.05) is 17.7 Å². The molecule has 90 valence electrons. The van der Waals surface area contributed by atoms with E-state index in [0.717, 1.165) is 4.57 Å². The van der Waals surface area contributed by atoms with Crippen LogP contribution in [0.25, 0.3) is 16.9 Å². The Morgan fingerprint density at radius 3 is 2.89 bits per heavy atom. The summed E-state index contributed by atoms with van der Waals surface area (Å²) in [5, 5.41) is 7.27. The van der Waals surface area contributed by atoms with Crippen LogP contribution < -0.4 is 11.2 Å².